The number of carbonyl (C=O) groups excluding carboxylic acids is 1. The number of pyridine rings is 1. The maximum absolute atomic E-state index is 10.9. The molecule has 0 bridgehead atoms. The lowest BCUT2D eigenvalue weighted by atomic mass is 10.1. The van der Waals surface area contributed by atoms with Crippen molar-refractivity contribution in [1.29, 1.82) is 0 Å². The summed E-state index contributed by atoms with van der Waals surface area (Å²) < 4.78 is 0. The van der Waals surface area contributed by atoms with Crippen LogP contribution in [0.5, 0.6) is 0 Å². The van der Waals surface area contributed by atoms with E-state index in [2.05, 4.69) is 4.98 Å². The smallest absolute Gasteiger partial charge is 0.223 e. The van der Waals surface area contributed by atoms with Gasteiger partial charge in [0.25, 0.3) is 0 Å². The first-order chi connectivity index (χ1) is 8.40. The van der Waals surface area contributed by atoms with Crippen molar-refractivity contribution < 1.29 is 4.79 Å². The Balaban J connectivity index is 2.77. The Morgan fingerprint density at radius 2 is 1.94 bits per heavy atom. The first kappa shape index (κ1) is 13.4. The van der Waals surface area contributed by atoms with Crippen molar-refractivity contribution in [3.8, 4) is 0 Å². The number of carbonyl (C=O) groups is 1. The van der Waals surface area contributed by atoms with Crippen molar-refractivity contribution in [1.82, 2.24) is 4.98 Å². The Kier molecular flexibility index (Phi) is 3.66. The number of aryl methyl sites for hydroxylation is 1. The summed E-state index contributed by atoms with van der Waals surface area (Å²) in [7, 11) is 0. The number of rotatable bonds is 2. The summed E-state index contributed by atoms with van der Waals surface area (Å²) in [5.41, 5.74) is 7.10. The van der Waals surface area contributed by atoms with Gasteiger partial charge in [-0.05, 0) is 24.6 Å². The van der Waals surface area contributed by atoms with Gasteiger partial charge in [0.1, 0.15) is 0 Å². The van der Waals surface area contributed by atoms with Crippen LogP contribution in [0, 0.1) is 6.92 Å². The maximum Gasteiger partial charge on any atom is 0.223 e. The third kappa shape index (κ3) is 2.39. The van der Waals surface area contributed by atoms with Gasteiger partial charge >= 0.3 is 0 Å². The molecule has 0 aliphatic rings. The molecule has 3 nitrogen and oxygen atoms in total. The summed E-state index contributed by atoms with van der Waals surface area (Å²) in [4.78, 5) is 15.2. The minimum atomic E-state index is -0.447. The van der Waals surface area contributed by atoms with E-state index in [4.69, 9.17) is 40.5 Å². The molecule has 0 fully saturated rings. The molecule has 0 atom stereocenters. The largest absolute Gasteiger partial charge is 0.369 e. The molecule has 0 spiro atoms. The van der Waals surface area contributed by atoms with Gasteiger partial charge in [-0.2, -0.15) is 0 Å². The van der Waals surface area contributed by atoms with Gasteiger partial charge in [0.2, 0.25) is 5.91 Å². The fourth-order valence-corrected chi connectivity index (χ4v) is 2.62. The van der Waals surface area contributed by atoms with E-state index >= 15 is 0 Å². The Morgan fingerprint density at radius 3 is 2.56 bits per heavy atom. The molecular weight excluding hydrogens is 295 g/mol. The predicted molar refractivity (Wildman–Crippen MR) is 74.4 cm³/mol. The highest BCUT2D eigenvalue weighted by Crippen LogP contribution is 2.36. The summed E-state index contributed by atoms with van der Waals surface area (Å²) in [5.74, 6) is -0.447. The Bertz CT molecular complexity index is 656. The zero-order valence-corrected chi connectivity index (χ0v) is 11.7. The molecule has 0 aliphatic heterocycles. The van der Waals surface area contributed by atoms with Crippen molar-refractivity contribution in [3.63, 3.8) is 0 Å². The van der Waals surface area contributed by atoms with E-state index in [1.54, 1.807) is 6.07 Å². The SMILES string of the molecule is Cc1cc(CC(N)=O)nc2c(Cl)cc(Cl)c(Cl)c12. The third-order valence-electron chi connectivity index (χ3n) is 2.53. The van der Waals surface area contributed by atoms with E-state index in [9.17, 15) is 4.79 Å². The van der Waals surface area contributed by atoms with Crippen LogP contribution in [0.4, 0.5) is 0 Å². The number of hydrogen-bond donors (Lipinski definition) is 1. The van der Waals surface area contributed by atoms with Crippen LogP contribution in [0.1, 0.15) is 11.3 Å². The van der Waals surface area contributed by atoms with Crippen LogP contribution < -0.4 is 5.73 Å². The average Bonchev–Trinajstić information content (AvgIpc) is 2.24. The lowest BCUT2D eigenvalue weighted by Gasteiger charge is -2.09. The molecule has 0 unspecified atom stereocenters. The third-order valence-corrected chi connectivity index (χ3v) is 3.61. The molecule has 1 heterocycles. The second-order valence-corrected chi connectivity index (χ2v) is 5.14. The number of fused-ring (bicyclic) bond motifs is 1. The van der Waals surface area contributed by atoms with Crippen LogP contribution in [0.25, 0.3) is 10.9 Å². The summed E-state index contributed by atoms with van der Waals surface area (Å²) in [6, 6.07) is 3.29. The van der Waals surface area contributed by atoms with Gasteiger partial charge in [-0.25, -0.2) is 0 Å². The highest BCUT2D eigenvalue weighted by atomic mass is 35.5. The van der Waals surface area contributed by atoms with Gasteiger partial charge in [0.05, 0.1) is 32.7 Å². The van der Waals surface area contributed by atoms with Gasteiger partial charge in [-0.15, -0.1) is 0 Å². The molecule has 6 heteroatoms. The zero-order valence-electron chi connectivity index (χ0n) is 9.43. The molecule has 2 N–H and O–H groups in total. The molecule has 0 radical (unpaired) electrons. The average molecular weight is 304 g/mol. The van der Waals surface area contributed by atoms with Crippen molar-refractivity contribution >= 4 is 51.6 Å². The van der Waals surface area contributed by atoms with Crippen molar-refractivity contribution in [2.24, 2.45) is 5.73 Å². The molecule has 1 aromatic heterocycles. The van der Waals surface area contributed by atoms with Gasteiger partial charge < -0.3 is 5.73 Å². The summed E-state index contributed by atoms with van der Waals surface area (Å²) >= 11 is 18.2. The number of amides is 1. The first-order valence-electron chi connectivity index (χ1n) is 5.12. The van der Waals surface area contributed by atoms with Crippen molar-refractivity contribution in [3.05, 3.63) is 38.5 Å². The molecule has 18 heavy (non-hydrogen) atoms. The lowest BCUT2D eigenvalue weighted by Crippen LogP contribution is -2.14. The maximum atomic E-state index is 10.9. The van der Waals surface area contributed by atoms with Gasteiger partial charge in [-0.1, -0.05) is 34.8 Å². The molecule has 2 aromatic rings. The Hall–Kier alpha value is -1.03. The minimum Gasteiger partial charge on any atom is -0.369 e. The topological polar surface area (TPSA) is 56.0 Å². The fraction of sp³-hybridized carbons (Fsp3) is 0.167. The fourth-order valence-electron chi connectivity index (χ4n) is 1.82. The predicted octanol–water partition coefficient (Wildman–Crippen LogP) is 3.53. The number of nitrogens with two attached hydrogens (primary N) is 1. The van der Waals surface area contributed by atoms with Crippen LogP contribution in [-0.2, 0) is 11.2 Å². The summed E-state index contributed by atoms with van der Waals surface area (Å²) in [6.07, 6.45) is 0.0629. The van der Waals surface area contributed by atoms with E-state index in [1.807, 2.05) is 6.92 Å². The quantitative estimate of drug-likeness (QED) is 0.863. The van der Waals surface area contributed by atoms with Crippen LogP contribution >= 0.6 is 34.8 Å². The van der Waals surface area contributed by atoms with Gasteiger partial charge in [-0.3, -0.25) is 9.78 Å². The highest BCUT2D eigenvalue weighted by molar-refractivity contribution is 6.47. The van der Waals surface area contributed by atoms with Crippen molar-refractivity contribution in [2.75, 3.05) is 0 Å². The molecule has 1 amide bonds. The Labute approximate surface area is 119 Å². The second kappa shape index (κ2) is 4.92. The molecule has 0 saturated carbocycles. The van der Waals surface area contributed by atoms with Gasteiger partial charge in [0.15, 0.2) is 0 Å². The van der Waals surface area contributed by atoms with E-state index in [1.165, 1.54) is 6.07 Å². The van der Waals surface area contributed by atoms with Gasteiger partial charge in [0, 0.05) is 5.39 Å². The zero-order chi connectivity index (χ0) is 13.4. The number of benzene rings is 1. The standard InChI is InChI=1S/C12H9Cl3N2O/c1-5-2-6(3-9(16)18)17-12-8(14)4-7(13)11(15)10(5)12/h2,4H,3H2,1H3,(H2,16,18). The van der Waals surface area contributed by atoms with Crippen LogP contribution in [0.3, 0.4) is 0 Å². The second-order valence-electron chi connectivity index (χ2n) is 3.95. The summed E-state index contributed by atoms with van der Waals surface area (Å²) in [6.45, 7) is 1.85. The molecule has 1 aromatic carbocycles. The molecule has 2 rings (SSSR count). The number of primary amides is 1. The number of halogens is 3. The molecule has 0 aliphatic carbocycles. The highest BCUT2D eigenvalue weighted by Gasteiger charge is 2.14. The van der Waals surface area contributed by atoms with E-state index in [0.29, 0.717) is 31.7 Å². The van der Waals surface area contributed by atoms with E-state index in [0.717, 1.165) is 5.56 Å². The number of nitrogens with zero attached hydrogens (tertiary/aromatic N) is 1. The van der Waals surface area contributed by atoms with Crippen LogP contribution in [0.2, 0.25) is 15.1 Å². The number of aromatic nitrogens is 1. The minimum absolute atomic E-state index is 0.0629. The summed E-state index contributed by atoms with van der Waals surface area (Å²) in [5, 5.41) is 1.88. The lowest BCUT2D eigenvalue weighted by molar-refractivity contribution is -0.117. The van der Waals surface area contributed by atoms with E-state index < -0.39 is 5.91 Å². The molecular formula is C12H9Cl3N2O. The van der Waals surface area contributed by atoms with Crippen LogP contribution in [-0.4, -0.2) is 10.9 Å². The molecule has 94 valence electrons. The monoisotopic (exact) mass is 302 g/mol. The normalized spacial score (nSPS) is 10.9. The van der Waals surface area contributed by atoms with E-state index in [-0.39, 0.29) is 6.42 Å². The number of hydrogen-bond acceptors (Lipinski definition) is 2. The van der Waals surface area contributed by atoms with Crippen molar-refractivity contribution in [2.45, 2.75) is 13.3 Å². The molecule has 0 saturated heterocycles. The Morgan fingerprint density at radius 1 is 1.28 bits per heavy atom. The first-order valence-corrected chi connectivity index (χ1v) is 6.25. The van der Waals surface area contributed by atoms with Crippen LogP contribution in [0.15, 0.2) is 12.1 Å².